The van der Waals surface area contributed by atoms with Crippen LogP contribution >= 0.6 is 11.3 Å². The van der Waals surface area contributed by atoms with Gasteiger partial charge in [-0.1, -0.05) is 18.2 Å². The average molecular weight is 451 g/mol. The largest absolute Gasteiger partial charge is 0.369 e. The highest BCUT2D eigenvalue weighted by atomic mass is 32.1. The van der Waals surface area contributed by atoms with Crippen molar-refractivity contribution in [3.05, 3.63) is 75.4 Å². The molecule has 0 atom stereocenters. The van der Waals surface area contributed by atoms with E-state index in [1.807, 2.05) is 17.5 Å². The second kappa shape index (κ2) is 10.6. The molecule has 1 fully saturated rings. The summed E-state index contributed by atoms with van der Waals surface area (Å²) in [7, 11) is 0. The van der Waals surface area contributed by atoms with E-state index in [0.717, 1.165) is 56.1 Å². The van der Waals surface area contributed by atoms with Gasteiger partial charge in [-0.15, -0.1) is 11.3 Å². The molecule has 2 N–H and O–H groups in total. The van der Waals surface area contributed by atoms with Gasteiger partial charge in [-0.05, 0) is 67.6 Å². The topological polar surface area (TPSA) is 68.4 Å². The number of piperazine rings is 1. The summed E-state index contributed by atoms with van der Waals surface area (Å²) in [5, 5.41) is 4.84. The van der Waals surface area contributed by atoms with Crippen LogP contribution in [0.15, 0.2) is 58.7 Å². The van der Waals surface area contributed by atoms with E-state index >= 15 is 0 Å². The summed E-state index contributed by atoms with van der Waals surface area (Å²) in [5.41, 5.74) is 3.17. The molecule has 7 heteroatoms. The van der Waals surface area contributed by atoms with E-state index in [-0.39, 0.29) is 17.0 Å². The van der Waals surface area contributed by atoms with Crippen molar-refractivity contribution in [2.24, 2.45) is 0 Å². The van der Waals surface area contributed by atoms with Gasteiger partial charge in [0, 0.05) is 38.4 Å². The summed E-state index contributed by atoms with van der Waals surface area (Å²) in [5.74, 6) is -0.309. The number of carbonyl (C=O) groups is 1. The number of hydrogen-bond acceptors (Lipinski definition) is 5. The summed E-state index contributed by atoms with van der Waals surface area (Å²) in [4.78, 5) is 33.4. The molecule has 2 aromatic heterocycles. The number of benzene rings is 1. The number of hydrogen-bond donors (Lipinski definition) is 2. The van der Waals surface area contributed by atoms with Crippen LogP contribution in [0.5, 0.6) is 0 Å². The van der Waals surface area contributed by atoms with Gasteiger partial charge in [-0.3, -0.25) is 14.5 Å². The number of anilines is 1. The number of carbonyl (C=O) groups excluding carboxylic acids is 1. The first-order valence-electron chi connectivity index (χ1n) is 11.2. The number of aromatic nitrogens is 1. The lowest BCUT2D eigenvalue weighted by Gasteiger charge is -2.36. The van der Waals surface area contributed by atoms with Gasteiger partial charge in [0.05, 0.1) is 10.6 Å². The van der Waals surface area contributed by atoms with E-state index in [4.69, 9.17) is 0 Å². The van der Waals surface area contributed by atoms with Crippen LogP contribution < -0.4 is 15.8 Å². The third kappa shape index (κ3) is 5.66. The third-order valence-electron chi connectivity index (χ3n) is 5.87. The van der Waals surface area contributed by atoms with E-state index in [9.17, 15) is 9.59 Å². The molecule has 1 aliphatic rings. The number of aromatic amines is 1. The van der Waals surface area contributed by atoms with Gasteiger partial charge in [0.1, 0.15) is 5.56 Å². The average Bonchev–Trinajstić information content (AvgIpc) is 3.34. The van der Waals surface area contributed by atoms with Crippen molar-refractivity contribution < 1.29 is 4.79 Å². The van der Waals surface area contributed by atoms with Crippen LogP contribution in [0.4, 0.5) is 5.69 Å². The minimum absolute atomic E-state index is 0.164. The van der Waals surface area contributed by atoms with E-state index in [2.05, 4.69) is 51.3 Å². The molecule has 1 saturated heterocycles. The first kappa shape index (κ1) is 22.3. The summed E-state index contributed by atoms with van der Waals surface area (Å²) in [6.45, 7) is 7.96. The number of unbranched alkanes of at least 4 members (excludes halogenated alkanes) is 1. The van der Waals surface area contributed by atoms with Crippen molar-refractivity contribution in [1.82, 2.24) is 15.2 Å². The molecule has 1 amide bonds. The van der Waals surface area contributed by atoms with Crippen LogP contribution in [-0.4, -0.2) is 55.1 Å². The predicted octanol–water partition coefficient (Wildman–Crippen LogP) is 3.74. The van der Waals surface area contributed by atoms with Gasteiger partial charge in [0.2, 0.25) is 0 Å². The summed E-state index contributed by atoms with van der Waals surface area (Å²) in [6, 6.07) is 16.0. The van der Waals surface area contributed by atoms with Crippen molar-refractivity contribution in [2.45, 2.75) is 19.8 Å². The number of aryl methyl sites for hydroxylation is 1. The lowest BCUT2D eigenvalue weighted by Crippen LogP contribution is -2.46. The fourth-order valence-corrected chi connectivity index (χ4v) is 4.75. The summed E-state index contributed by atoms with van der Waals surface area (Å²) >= 11 is 1.55. The monoisotopic (exact) mass is 450 g/mol. The Morgan fingerprint density at radius 2 is 1.91 bits per heavy atom. The van der Waals surface area contributed by atoms with Crippen LogP contribution in [0.3, 0.4) is 0 Å². The molecule has 0 radical (unpaired) electrons. The van der Waals surface area contributed by atoms with Gasteiger partial charge in [-0.2, -0.15) is 0 Å². The molecule has 32 heavy (non-hydrogen) atoms. The maximum absolute atomic E-state index is 12.4. The second-order valence-corrected chi connectivity index (χ2v) is 9.17. The Morgan fingerprint density at radius 3 is 2.62 bits per heavy atom. The quantitative estimate of drug-likeness (QED) is 0.513. The summed E-state index contributed by atoms with van der Waals surface area (Å²) < 4.78 is 0. The lowest BCUT2D eigenvalue weighted by molar-refractivity contribution is 0.0951. The van der Waals surface area contributed by atoms with Crippen LogP contribution in [-0.2, 0) is 0 Å². The zero-order chi connectivity index (χ0) is 22.3. The molecule has 1 aromatic carbocycles. The smallest absolute Gasteiger partial charge is 0.261 e. The zero-order valence-corrected chi connectivity index (χ0v) is 19.3. The molecule has 0 unspecified atom stereocenters. The Labute approximate surface area is 192 Å². The summed E-state index contributed by atoms with van der Waals surface area (Å²) in [6.07, 6.45) is 1.92. The van der Waals surface area contributed by atoms with Crippen LogP contribution in [0, 0.1) is 6.92 Å². The Hall–Kier alpha value is -2.90. The maximum atomic E-state index is 12.4. The highest BCUT2D eigenvalue weighted by Gasteiger charge is 2.17. The number of H-pyrrole nitrogens is 1. The van der Waals surface area contributed by atoms with Crippen molar-refractivity contribution >= 4 is 22.9 Å². The fraction of sp³-hybridized carbons (Fsp3) is 0.360. The number of nitrogens with one attached hydrogen (secondary N) is 2. The Kier molecular flexibility index (Phi) is 7.39. The van der Waals surface area contributed by atoms with E-state index in [1.54, 1.807) is 23.5 Å². The maximum Gasteiger partial charge on any atom is 0.261 e. The zero-order valence-electron chi connectivity index (χ0n) is 18.5. The van der Waals surface area contributed by atoms with E-state index < -0.39 is 0 Å². The number of thiophene rings is 1. The number of nitrogens with zero attached hydrogens (tertiary/aromatic N) is 2. The third-order valence-corrected chi connectivity index (χ3v) is 6.77. The van der Waals surface area contributed by atoms with Crippen molar-refractivity contribution in [3.8, 4) is 10.6 Å². The van der Waals surface area contributed by atoms with Gasteiger partial charge < -0.3 is 15.2 Å². The Morgan fingerprint density at radius 1 is 1.06 bits per heavy atom. The standard InChI is InChI=1S/C25H30N4O2S/c1-19-6-4-7-20(18-19)29-15-13-28(14-16-29)12-3-2-11-26-24(30)21-9-10-22(27-25(21)31)23-8-5-17-32-23/h4-10,17-18H,2-3,11-16H2,1H3,(H,26,30)(H,27,31). The molecule has 0 aliphatic carbocycles. The molecule has 168 valence electrons. The Bertz CT molecular complexity index is 1090. The van der Waals surface area contributed by atoms with Gasteiger partial charge in [-0.25, -0.2) is 0 Å². The highest BCUT2D eigenvalue weighted by Crippen LogP contribution is 2.21. The van der Waals surface area contributed by atoms with Crippen LogP contribution in [0.25, 0.3) is 10.6 Å². The SMILES string of the molecule is Cc1cccc(N2CCN(CCCCNC(=O)c3ccc(-c4cccs4)[nH]c3=O)CC2)c1. The molecule has 0 spiro atoms. The number of pyridine rings is 1. The molecule has 1 aliphatic heterocycles. The minimum Gasteiger partial charge on any atom is -0.369 e. The van der Waals surface area contributed by atoms with Crippen molar-refractivity contribution in [3.63, 3.8) is 0 Å². The first-order valence-corrected chi connectivity index (χ1v) is 12.1. The molecular weight excluding hydrogens is 420 g/mol. The van der Waals surface area contributed by atoms with Gasteiger partial charge >= 0.3 is 0 Å². The highest BCUT2D eigenvalue weighted by molar-refractivity contribution is 7.13. The second-order valence-electron chi connectivity index (χ2n) is 8.22. The molecule has 6 nitrogen and oxygen atoms in total. The van der Waals surface area contributed by atoms with Crippen molar-refractivity contribution in [1.29, 1.82) is 0 Å². The fourth-order valence-electron chi connectivity index (χ4n) is 4.04. The minimum atomic E-state index is -0.347. The molecular formula is C25H30N4O2S. The van der Waals surface area contributed by atoms with Crippen LogP contribution in [0.1, 0.15) is 28.8 Å². The normalized spacial score (nSPS) is 14.5. The Balaban J connectivity index is 1.15. The first-order chi connectivity index (χ1) is 15.6. The van der Waals surface area contributed by atoms with E-state index in [0.29, 0.717) is 6.54 Å². The molecule has 3 aromatic rings. The van der Waals surface area contributed by atoms with E-state index in [1.165, 1.54) is 11.3 Å². The molecule has 0 saturated carbocycles. The number of rotatable bonds is 8. The number of amides is 1. The molecule has 4 rings (SSSR count). The predicted molar refractivity (Wildman–Crippen MR) is 132 cm³/mol. The lowest BCUT2D eigenvalue weighted by atomic mass is 10.2. The molecule has 0 bridgehead atoms. The van der Waals surface area contributed by atoms with Crippen molar-refractivity contribution in [2.75, 3.05) is 44.2 Å². The van der Waals surface area contributed by atoms with Crippen LogP contribution in [0.2, 0.25) is 0 Å². The molecule has 3 heterocycles. The van der Waals surface area contributed by atoms with Gasteiger partial charge in [0.25, 0.3) is 11.5 Å². The van der Waals surface area contributed by atoms with Gasteiger partial charge in [0.15, 0.2) is 0 Å².